The molecule has 2 N–H and O–H groups in total. The molecule has 2 rings (SSSR count). The number of hydrogen-bond donors (Lipinski definition) is 1. The molecule has 102 valence electrons. The van der Waals surface area contributed by atoms with Crippen LogP contribution in [0.25, 0.3) is 0 Å². The third-order valence-corrected chi connectivity index (χ3v) is 4.70. The van der Waals surface area contributed by atoms with E-state index in [9.17, 15) is 0 Å². The fourth-order valence-corrected chi connectivity index (χ4v) is 3.40. The molecule has 0 saturated heterocycles. The summed E-state index contributed by atoms with van der Waals surface area (Å²) in [6.45, 7) is 1.97. The molecule has 0 aliphatic rings. The van der Waals surface area contributed by atoms with E-state index >= 15 is 0 Å². The van der Waals surface area contributed by atoms with Gasteiger partial charge in [0.1, 0.15) is 0 Å². The van der Waals surface area contributed by atoms with Crippen molar-refractivity contribution in [1.29, 1.82) is 0 Å². The van der Waals surface area contributed by atoms with Crippen LogP contribution in [0, 0.1) is 6.92 Å². The van der Waals surface area contributed by atoms with Gasteiger partial charge in [-0.2, -0.15) is 5.10 Å². The maximum absolute atomic E-state index is 6.27. The van der Waals surface area contributed by atoms with Gasteiger partial charge >= 0.3 is 0 Å². The van der Waals surface area contributed by atoms with Crippen molar-refractivity contribution in [3.05, 3.63) is 49.1 Å². The first-order valence-electron chi connectivity index (χ1n) is 5.78. The molecule has 0 aliphatic carbocycles. The van der Waals surface area contributed by atoms with E-state index in [0.717, 1.165) is 25.9 Å². The van der Waals surface area contributed by atoms with Crippen molar-refractivity contribution < 1.29 is 0 Å². The summed E-state index contributed by atoms with van der Waals surface area (Å²) < 4.78 is 3.82. The normalized spacial score (nSPS) is 12.7. The van der Waals surface area contributed by atoms with Gasteiger partial charge in [0.05, 0.1) is 15.9 Å². The molecule has 19 heavy (non-hydrogen) atoms. The average Bonchev–Trinajstić information content (AvgIpc) is 2.54. The Morgan fingerprint density at radius 2 is 2.05 bits per heavy atom. The molecule has 0 spiro atoms. The zero-order chi connectivity index (χ0) is 14.2. The van der Waals surface area contributed by atoms with Crippen molar-refractivity contribution in [2.75, 3.05) is 0 Å². The highest BCUT2D eigenvalue weighted by Crippen LogP contribution is 2.28. The van der Waals surface area contributed by atoms with Gasteiger partial charge in [0.2, 0.25) is 0 Å². The zero-order valence-corrected chi connectivity index (χ0v) is 14.6. The van der Waals surface area contributed by atoms with E-state index in [1.807, 2.05) is 36.9 Å². The van der Waals surface area contributed by atoms with Crippen LogP contribution in [0.15, 0.2) is 27.1 Å². The van der Waals surface area contributed by atoms with Crippen LogP contribution in [-0.4, -0.2) is 9.78 Å². The molecule has 2 aromatic rings. The lowest BCUT2D eigenvalue weighted by Gasteiger charge is -2.13. The molecule has 1 aromatic heterocycles. The molecule has 1 atom stereocenters. The van der Waals surface area contributed by atoms with Crippen molar-refractivity contribution >= 4 is 43.5 Å². The van der Waals surface area contributed by atoms with E-state index in [4.69, 9.17) is 17.3 Å². The van der Waals surface area contributed by atoms with Crippen LogP contribution < -0.4 is 5.73 Å². The lowest BCUT2D eigenvalue weighted by atomic mass is 10.0. The van der Waals surface area contributed by atoms with E-state index in [1.165, 1.54) is 0 Å². The minimum Gasteiger partial charge on any atom is -0.324 e. The van der Waals surface area contributed by atoms with E-state index in [1.54, 1.807) is 0 Å². The minimum atomic E-state index is -0.124. The van der Waals surface area contributed by atoms with Crippen molar-refractivity contribution in [2.45, 2.75) is 19.4 Å². The van der Waals surface area contributed by atoms with Gasteiger partial charge in [0, 0.05) is 29.0 Å². The van der Waals surface area contributed by atoms with Gasteiger partial charge in [-0.15, -0.1) is 0 Å². The number of halogens is 3. The van der Waals surface area contributed by atoms with E-state index in [2.05, 4.69) is 37.0 Å². The van der Waals surface area contributed by atoms with Crippen LogP contribution >= 0.6 is 43.5 Å². The number of nitrogens with two attached hydrogens (primary N) is 1. The highest BCUT2D eigenvalue weighted by Gasteiger charge is 2.16. The second-order valence-electron chi connectivity index (χ2n) is 4.48. The number of aromatic nitrogens is 2. The number of nitrogens with zero attached hydrogens (tertiary/aromatic N) is 2. The maximum atomic E-state index is 6.27. The number of aryl methyl sites for hydroxylation is 2. The van der Waals surface area contributed by atoms with E-state index in [0.29, 0.717) is 11.4 Å². The molecular formula is C13H14Br2ClN3. The van der Waals surface area contributed by atoms with Crippen LogP contribution in [0.5, 0.6) is 0 Å². The second kappa shape index (κ2) is 5.95. The second-order valence-corrected chi connectivity index (χ2v) is 6.63. The largest absolute Gasteiger partial charge is 0.324 e. The summed E-state index contributed by atoms with van der Waals surface area (Å²) in [5.74, 6) is 0. The molecule has 0 amide bonds. The van der Waals surface area contributed by atoms with Gasteiger partial charge in [-0.1, -0.05) is 27.5 Å². The SMILES string of the molecule is Cc1nn(C)c(CC(N)c2cc(Cl)cc(Br)c2)c1Br. The van der Waals surface area contributed by atoms with Gasteiger partial charge < -0.3 is 5.73 Å². The maximum Gasteiger partial charge on any atom is 0.0738 e. The first-order chi connectivity index (χ1) is 8.88. The quantitative estimate of drug-likeness (QED) is 0.831. The highest BCUT2D eigenvalue weighted by atomic mass is 79.9. The third-order valence-electron chi connectivity index (χ3n) is 2.99. The summed E-state index contributed by atoms with van der Waals surface area (Å²) in [4.78, 5) is 0. The Hall–Kier alpha value is -0.360. The summed E-state index contributed by atoms with van der Waals surface area (Å²) in [6, 6.07) is 5.62. The summed E-state index contributed by atoms with van der Waals surface area (Å²) in [5, 5.41) is 5.05. The molecule has 0 radical (unpaired) electrons. The minimum absolute atomic E-state index is 0.124. The topological polar surface area (TPSA) is 43.8 Å². The Bertz CT molecular complexity index is 590. The molecule has 0 saturated carbocycles. The van der Waals surface area contributed by atoms with Crippen molar-refractivity contribution in [1.82, 2.24) is 9.78 Å². The molecular weight excluding hydrogens is 393 g/mol. The summed E-state index contributed by atoms with van der Waals surface area (Å²) in [7, 11) is 1.92. The summed E-state index contributed by atoms with van der Waals surface area (Å²) in [5.41, 5.74) is 9.33. The van der Waals surface area contributed by atoms with Crippen LogP contribution in [0.2, 0.25) is 5.02 Å². The Balaban J connectivity index is 2.27. The first-order valence-corrected chi connectivity index (χ1v) is 7.74. The lowest BCUT2D eigenvalue weighted by molar-refractivity contribution is 0.638. The predicted molar refractivity (Wildman–Crippen MR) is 85.4 cm³/mol. The van der Waals surface area contributed by atoms with Crippen LogP contribution in [0.3, 0.4) is 0 Å². The summed E-state index contributed by atoms with van der Waals surface area (Å²) >= 11 is 13.0. The van der Waals surface area contributed by atoms with Gasteiger partial charge in [0.15, 0.2) is 0 Å². The Morgan fingerprint density at radius 1 is 1.37 bits per heavy atom. The van der Waals surface area contributed by atoms with E-state index in [-0.39, 0.29) is 6.04 Å². The number of hydrogen-bond acceptors (Lipinski definition) is 2. The molecule has 6 heteroatoms. The zero-order valence-electron chi connectivity index (χ0n) is 10.6. The first kappa shape index (κ1) is 15.0. The highest BCUT2D eigenvalue weighted by molar-refractivity contribution is 9.10. The number of benzene rings is 1. The predicted octanol–water partition coefficient (Wildman–Crippen LogP) is 4.15. The van der Waals surface area contributed by atoms with Crippen LogP contribution in [0.4, 0.5) is 0 Å². The Morgan fingerprint density at radius 3 is 2.58 bits per heavy atom. The smallest absolute Gasteiger partial charge is 0.0738 e. The van der Waals surface area contributed by atoms with Crippen molar-refractivity contribution in [2.24, 2.45) is 12.8 Å². The fraction of sp³-hybridized carbons (Fsp3) is 0.308. The van der Waals surface area contributed by atoms with E-state index < -0.39 is 0 Å². The standard InChI is InChI=1S/C13H14Br2ClN3/c1-7-13(15)12(19(2)18-7)6-11(17)8-3-9(14)5-10(16)4-8/h3-5,11H,6,17H2,1-2H3. The van der Waals surface area contributed by atoms with Gasteiger partial charge in [-0.05, 0) is 46.6 Å². The Kier molecular flexibility index (Phi) is 4.71. The molecule has 0 fully saturated rings. The van der Waals surface area contributed by atoms with Gasteiger partial charge in [-0.25, -0.2) is 0 Å². The fourth-order valence-electron chi connectivity index (χ4n) is 2.02. The molecule has 0 aliphatic heterocycles. The molecule has 1 unspecified atom stereocenters. The van der Waals surface area contributed by atoms with Gasteiger partial charge in [-0.3, -0.25) is 4.68 Å². The Labute approximate surface area is 134 Å². The van der Waals surface area contributed by atoms with Crippen LogP contribution in [-0.2, 0) is 13.5 Å². The molecule has 3 nitrogen and oxygen atoms in total. The average molecular weight is 408 g/mol. The summed E-state index contributed by atoms with van der Waals surface area (Å²) in [6.07, 6.45) is 0.699. The molecule has 1 heterocycles. The monoisotopic (exact) mass is 405 g/mol. The van der Waals surface area contributed by atoms with Crippen molar-refractivity contribution in [3.8, 4) is 0 Å². The lowest BCUT2D eigenvalue weighted by Crippen LogP contribution is -2.15. The number of rotatable bonds is 3. The van der Waals surface area contributed by atoms with Gasteiger partial charge in [0.25, 0.3) is 0 Å². The van der Waals surface area contributed by atoms with Crippen LogP contribution in [0.1, 0.15) is 23.0 Å². The molecule has 0 bridgehead atoms. The van der Waals surface area contributed by atoms with Crippen molar-refractivity contribution in [3.63, 3.8) is 0 Å². The molecule has 1 aromatic carbocycles. The third kappa shape index (κ3) is 3.40.